The van der Waals surface area contributed by atoms with Crippen LogP contribution >= 0.6 is 0 Å². The molecule has 2 aromatic rings. The molecule has 0 aliphatic rings. The second kappa shape index (κ2) is 5.04. The van der Waals surface area contributed by atoms with Crippen LogP contribution in [0.3, 0.4) is 0 Å². The van der Waals surface area contributed by atoms with Crippen molar-refractivity contribution in [1.29, 1.82) is 0 Å². The van der Waals surface area contributed by atoms with Crippen molar-refractivity contribution in [2.24, 2.45) is 0 Å². The van der Waals surface area contributed by atoms with E-state index in [-0.39, 0.29) is 11.9 Å². The zero-order valence-corrected chi connectivity index (χ0v) is 10.0. The van der Waals surface area contributed by atoms with Crippen LogP contribution in [0.1, 0.15) is 30.7 Å². The molecule has 0 bridgehead atoms. The number of rotatable bonds is 4. The summed E-state index contributed by atoms with van der Waals surface area (Å²) in [5, 5.41) is 3.28. The van der Waals surface area contributed by atoms with E-state index in [1.54, 1.807) is 6.26 Å². The minimum absolute atomic E-state index is 0.0752. The Morgan fingerprint density at radius 1 is 1.35 bits per heavy atom. The molecule has 0 amide bonds. The smallest absolute Gasteiger partial charge is 0.125 e. The highest BCUT2D eigenvalue weighted by molar-refractivity contribution is 5.47. The Kier molecular flexibility index (Phi) is 3.47. The van der Waals surface area contributed by atoms with Crippen molar-refractivity contribution < 1.29 is 8.81 Å². The van der Waals surface area contributed by atoms with Crippen LogP contribution in [0, 0.1) is 12.7 Å². The van der Waals surface area contributed by atoms with E-state index >= 15 is 0 Å². The quantitative estimate of drug-likeness (QED) is 0.852. The van der Waals surface area contributed by atoms with Gasteiger partial charge in [-0.2, -0.15) is 0 Å². The third-order valence-electron chi connectivity index (χ3n) is 2.68. The summed E-state index contributed by atoms with van der Waals surface area (Å²) in [6, 6.07) is 8.79. The van der Waals surface area contributed by atoms with Gasteiger partial charge in [0, 0.05) is 5.69 Å². The minimum Gasteiger partial charge on any atom is -0.467 e. The molecule has 0 aliphatic carbocycles. The van der Waals surface area contributed by atoms with E-state index in [0.29, 0.717) is 0 Å². The van der Waals surface area contributed by atoms with Gasteiger partial charge in [-0.1, -0.05) is 6.92 Å². The van der Waals surface area contributed by atoms with Crippen molar-refractivity contribution in [2.45, 2.75) is 26.3 Å². The molecule has 0 saturated carbocycles. The molecule has 0 aliphatic heterocycles. The summed E-state index contributed by atoms with van der Waals surface area (Å²) in [5.41, 5.74) is 1.69. The van der Waals surface area contributed by atoms with Gasteiger partial charge in [-0.05, 0) is 49.2 Å². The van der Waals surface area contributed by atoms with E-state index in [1.165, 1.54) is 12.1 Å². The summed E-state index contributed by atoms with van der Waals surface area (Å²) >= 11 is 0. The van der Waals surface area contributed by atoms with Crippen molar-refractivity contribution in [1.82, 2.24) is 0 Å². The third-order valence-corrected chi connectivity index (χ3v) is 2.68. The topological polar surface area (TPSA) is 25.2 Å². The fraction of sp³-hybridized carbons (Fsp3) is 0.286. The van der Waals surface area contributed by atoms with E-state index in [2.05, 4.69) is 12.2 Å². The van der Waals surface area contributed by atoms with Gasteiger partial charge in [0.2, 0.25) is 0 Å². The van der Waals surface area contributed by atoms with Gasteiger partial charge in [-0.3, -0.25) is 0 Å². The molecule has 17 heavy (non-hydrogen) atoms. The van der Waals surface area contributed by atoms with Crippen molar-refractivity contribution in [3.63, 3.8) is 0 Å². The molecule has 2 nitrogen and oxygen atoms in total. The van der Waals surface area contributed by atoms with Crippen molar-refractivity contribution in [3.8, 4) is 0 Å². The Labute approximate surface area is 100 Å². The van der Waals surface area contributed by atoms with E-state index in [1.807, 2.05) is 25.1 Å². The molecule has 0 saturated heterocycles. The summed E-state index contributed by atoms with van der Waals surface area (Å²) < 4.78 is 18.6. The normalized spacial score (nSPS) is 12.4. The van der Waals surface area contributed by atoms with E-state index in [4.69, 9.17) is 4.42 Å². The van der Waals surface area contributed by atoms with Crippen LogP contribution in [0.25, 0.3) is 0 Å². The number of hydrogen-bond donors (Lipinski definition) is 1. The maximum Gasteiger partial charge on any atom is 0.125 e. The molecule has 0 radical (unpaired) electrons. The first-order valence-electron chi connectivity index (χ1n) is 5.76. The number of anilines is 1. The average molecular weight is 233 g/mol. The Morgan fingerprint density at radius 3 is 2.76 bits per heavy atom. The van der Waals surface area contributed by atoms with E-state index in [0.717, 1.165) is 23.4 Å². The fourth-order valence-corrected chi connectivity index (χ4v) is 1.88. The van der Waals surface area contributed by atoms with Crippen molar-refractivity contribution >= 4 is 5.69 Å². The molecule has 0 spiro atoms. The van der Waals surface area contributed by atoms with Crippen LogP contribution in [-0.2, 0) is 0 Å². The van der Waals surface area contributed by atoms with Crippen LogP contribution < -0.4 is 5.32 Å². The number of aryl methyl sites for hydroxylation is 1. The molecule has 1 aromatic heterocycles. The van der Waals surface area contributed by atoms with Crippen LogP contribution in [0.15, 0.2) is 41.0 Å². The van der Waals surface area contributed by atoms with Crippen LogP contribution in [-0.4, -0.2) is 0 Å². The zero-order chi connectivity index (χ0) is 12.3. The predicted octanol–water partition coefficient (Wildman–Crippen LogP) is 4.29. The monoisotopic (exact) mass is 233 g/mol. The molecular formula is C14H16FNO. The number of furan rings is 1. The predicted molar refractivity (Wildman–Crippen MR) is 66.5 cm³/mol. The van der Waals surface area contributed by atoms with Gasteiger partial charge < -0.3 is 9.73 Å². The molecule has 1 N–H and O–H groups in total. The first kappa shape index (κ1) is 11.7. The first-order chi connectivity index (χ1) is 8.19. The summed E-state index contributed by atoms with van der Waals surface area (Å²) in [4.78, 5) is 0. The molecule has 1 atom stereocenters. The highest BCUT2D eigenvalue weighted by Gasteiger charge is 2.12. The van der Waals surface area contributed by atoms with Crippen molar-refractivity contribution in [2.75, 3.05) is 5.32 Å². The largest absolute Gasteiger partial charge is 0.467 e. The second-order valence-electron chi connectivity index (χ2n) is 4.14. The van der Waals surface area contributed by atoms with Gasteiger partial charge >= 0.3 is 0 Å². The molecule has 90 valence electrons. The summed E-state index contributed by atoms with van der Waals surface area (Å²) in [5.74, 6) is 0.649. The number of halogens is 1. The van der Waals surface area contributed by atoms with Gasteiger partial charge in [-0.15, -0.1) is 0 Å². The van der Waals surface area contributed by atoms with Crippen molar-refractivity contribution in [3.05, 3.63) is 53.7 Å². The zero-order valence-electron chi connectivity index (χ0n) is 10.0. The van der Waals surface area contributed by atoms with Crippen LogP contribution in [0.2, 0.25) is 0 Å². The maximum atomic E-state index is 13.3. The van der Waals surface area contributed by atoms with Gasteiger partial charge in [-0.25, -0.2) is 4.39 Å². The number of hydrogen-bond acceptors (Lipinski definition) is 2. The number of nitrogens with one attached hydrogen (secondary N) is 1. The van der Waals surface area contributed by atoms with Crippen LogP contribution in [0.5, 0.6) is 0 Å². The van der Waals surface area contributed by atoms with E-state index in [9.17, 15) is 4.39 Å². The SMILES string of the molecule is CCC(Nc1cc(C)cc(F)c1)c1ccco1. The second-order valence-corrected chi connectivity index (χ2v) is 4.14. The Bertz CT molecular complexity index is 459. The molecule has 1 heterocycles. The van der Waals surface area contributed by atoms with Gasteiger partial charge in [0.15, 0.2) is 0 Å². The van der Waals surface area contributed by atoms with Gasteiger partial charge in [0.05, 0.1) is 12.3 Å². The standard InChI is InChI=1S/C14H16FNO/c1-3-13(14-5-4-6-17-14)16-12-8-10(2)7-11(15)9-12/h4-9,13,16H,3H2,1-2H3. The lowest BCUT2D eigenvalue weighted by molar-refractivity contribution is 0.473. The van der Waals surface area contributed by atoms with Gasteiger partial charge in [0.1, 0.15) is 11.6 Å². The number of benzene rings is 1. The Balaban J connectivity index is 2.18. The first-order valence-corrected chi connectivity index (χ1v) is 5.76. The summed E-state index contributed by atoms with van der Waals surface area (Å²) in [6.07, 6.45) is 2.53. The summed E-state index contributed by atoms with van der Waals surface area (Å²) in [7, 11) is 0. The molecule has 2 rings (SSSR count). The molecule has 1 aromatic carbocycles. The fourth-order valence-electron chi connectivity index (χ4n) is 1.88. The average Bonchev–Trinajstić information content (AvgIpc) is 2.77. The maximum absolute atomic E-state index is 13.3. The lowest BCUT2D eigenvalue weighted by Crippen LogP contribution is -2.09. The molecule has 1 unspecified atom stereocenters. The van der Waals surface area contributed by atoms with E-state index < -0.39 is 0 Å². The molecule has 0 fully saturated rings. The third kappa shape index (κ3) is 2.87. The highest BCUT2D eigenvalue weighted by Crippen LogP contribution is 2.24. The lowest BCUT2D eigenvalue weighted by atomic mass is 10.1. The minimum atomic E-state index is -0.221. The molecular weight excluding hydrogens is 217 g/mol. The van der Waals surface area contributed by atoms with Gasteiger partial charge in [0.25, 0.3) is 0 Å². The van der Waals surface area contributed by atoms with Crippen LogP contribution in [0.4, 0.5) is 10.1 Å². The highest BCUT2D eigenvalue weighted by atomic mass is 19.1. The lowest BCUT2D eigenvalue weighted by Gasteiger charge is -2.16. The Hall–Kier alpha value is -1.77. The Morgan fingerprint density at radius 2 is 2.18 bits per heavy atom. The summed E-state index contributed by atoms with van der Waals surface area (Å²) in [6.45, 7) is 3.94. The molecule has 3 heteroatoms.